The van der Waals surface area contributed by atoms with Gasteiger partial charge >= 0.3 is 5.97 Å². The van der Waals surface area contributed by atoms with Crippen molar-refractivity contribution in [1.29, 1.82) is 0 Å². The van der Waals surface area contributed by atoms with Crippen molar-refractivity contribution >= 4 is 11.7 Å². The molecular formula is C14H20N2O2. The van der Waals surface area contributed by atoms with Gasteiger partial charge in [-0.3, -0.25) is 0 Å². The molecule has 0 bridgehead atoms. The van der Waals surface area contributed by atoms with Crippen LogP contribution in [0.15, 0.2) is 42.5 Å². The Kier molecular flexibility index (Phi) is 6.58. The van der Waals surface area contributed by atoms with Crippen LogP contribution in [0.2, 0.25) is 0 Å². The van der Waals surface area contributed by atoms with Gasteiger partial charge in [-0.05, 0) is 25.1 Å². The summed E-state index contributed by atoms with van der Waals surface area (Å²) in [6, 6.07) is 10.2. The third kappa shape index (κ3) is 6.06. The molecule has 1 aromatic rings. The number of hydrogen-bond acceptors (Lipinski definition) is 3. The number of nitrogens with one attached hydrogen (secondary N) is 1. The van der Waals surface area contributed by atoms with E-state index in [4.69, 9.17) is 5.11 Å². The largest absolute Gasteiger partial charge is 0.478 e. The summed E-state index contributed by atoms with van der Waals surface area (Å²) >= 11 is 0. The molecule has 1 rings (SSSR count). The maximum absolute atomic E-state index is 10.2. The average Bonchev–Trinajstić information content (AvgIpc) is 2.38. The second-order valence-electron chi connectivity index (χ2n) is 4.06. The van der Waals surface area contributed by atoms with Crippen LogP contribution in [0, 0.1) is 0 Å². The molecule has 0 saturated heterocycles. The minimum Gasteiger partial charge on any atom is -0.478 e. The van der Waals surface area contributed by atoms with Gasteiger partial charge in [0, 0.05) is 31.9 Å². The van der Waals surface area contributed by atoms with Crippen molar-refractivity contribution in [3.63, 3.8) is 0 Å². The monoisotopic (exact) mass is 248 g/mol. The van der Waals surface area contributed by atoms with Gasteiger partial charge in [0.15, 0.2) is 0 Å². The first-order valence-electron chi connectivity index (χ1n) is 6.06. The van der Waals surface area contributed by atoms with Crippen LogP contribution in [0.5, 0.6) is 0 Å². The summed E-state index contributed by atoms with van der Waals surface area (Å²) in [6.45, 7) is 2.45. The van der Waals surface area contributed by atoms with Crippen LogP contribution < -0.4 is 10.2 Å². The Hall–Kier alpha value is -1.81. The van der Waals surface area contributed by atoms with Crippen molar-refractivity contribution in [3.05, 3.63) is 42.5 Å². The summed E-state index contributed by atoms with van der Waals surface area (Å²) in [5.41, 5.74) is 1.21. The quantitative estimate of drug-likeness (QED) is 0.543. The first-order valence-corrected chi connectivity index (χ1v) is 6.06. The number of carbonyl (C=O) groups is 1. The van der Waals surface area contributed by atoms with Crippen LogP contribution in [-0.4, -0.2) is 37.8 Å². The Bertz CT molecular complexity index is 377. The number of hydrogen-bond donors (Lipinski definition) is 2. The highest BCUT2D eigenvalue weighted by Crippen LogP contribution is 2.10. The first-order chi connectivity index (χ1) is 8.70. The van der Waals surface area contributed by atoms with Gasteiger partial charge in [-0.2, -0.15) is 0 Å². The molecule has 0 heterocycles. The molecule has 0 unspecified atom stereocenters. The molecule has 0 aromatic heterocycles. The van der Waals surface area contributed by atoms with Gasteiger partial charge in [-0.1, -0.05) is 24.3 Å². The fourth-order valence-corrected chi connectivity index (χ4v) is 1.60. The highest BCUT2D eigenvalue weighted by molar-refractivity contribution is 5.79. The highest BCUT2D eigenvalue weighted by atomic mass is 16.4. The SMILES string of the molecule is CN(CCCNC/C=C/C(=O)O)c1ccccc1. The van der Waals surface area contributed by atoms with Crippen molar-refractivity contribution in [2.24, 2.45) is 0 Å². The Morgan fingerprint density at radius 3 is 2.78 bits per heavy atom. The van der Waals surface area contributed by atoms with Gasteiger partial charge < -0.3 is 15.3 Å². The van der Waals surface area contributed by atoms with Crippen LogP contribution >= 0.6 is 0 Å². The second kappa shape index (κ2) is 8.31. The van der Waals surface area contributed by atoms with Crippen LogP contribution in [0.4, 0.5) is 5.69 Å². The number of nitrogens with zero attached hydrogens (tertiary/aromatic N) is 1. The van der Waals surface area contributed by atoms with Gasteiger partial charge in [-0.15, -0.1) is 0 Å². The number of carboxylic acids is 1. The van der Waals surface area contributed by atoms with Crippen LogP contribution in [0.3, 0.4) is 0 Å². The summed E-state index contributed by atoms with van der Waals surface area (Å²) in [4.78, 5) is 12.4. The minimum absolute atomic E-state index is 0.599. The lowest BCUT2D eigenvalue weighted by atomic mass is 10.3. The Balaban J connectivity index is 2.09. The number of anilines is 1. The maximum atomic E-state index is 10.2. The van der Waals surface area contributed by atoms with E-state index in [-0.39, 0.29) is 0 Å². The van der Waals surface area contributed by atoms with E-state index in [0.717, 1.165) is 25.6 Å². The normalized spacial score (nSPS) is 10.7. The predicted molar refractivity (Wildman–Crippen MR) is 74.0 cm³/mol. The molecule has 0 amide bonds. The lowest BCUT2D eigenvalue weighted by molar-refractivity contribution is -0.131. The fourth-order valence-electron chi connectivity index (χ4n) is 1.60. The van der Waals surface area contributed by atoms with E-state index in [2.05, 4.69) is 29.4 Å². The van der Waals surface area contributed by atoms with Gasteiger partial charge in [-0.25, -0.2) is 4.79 Å². The molecule has 0 fully saturated rings. The summed E-state index contributed by atoms with van der Waals surface area (Å²) in [6.07, 6.45) is 3.79. The summed E-state index contributed by atoms with van der Waals surface area (Å²) in [5.74, 6) is -0.902. The predicted octanol–water partition coefficient (Wildman–Crippen LogP) is 1.74. The number of para-hydroxylation sites is 1. The molecule has 0 aliphatic heterocycles. The molecule has 0 atom stereocenters. The molecule has 98 valence electrons. The Morgan fingerprint density at radius 2 is 2.11 bits per heavy atom. The number of aliphatic carboxylic acids is 1. The van der Waals surface area contributed by atoms with E-state index in [0.29, 0.717) is 6.54 Å². The summed E-state index contributed by atoms with van der Waals surface area (Å²) in [7, 11) is 2.07. The Morgan fingerprint density at radius 1 is 1.39 bits per heavy atom. The molecule has 4 nitrogen and oxygen atoms in total. The topological polar surface area (TPSA) is 52.6 Å². The third-order valence-corrected chi connectivity index (χ3v) is 2.57. The number of benzene rings is 1. The molecule has 4 heteroatoms. The van der Waals surface area contributed by atoms with Crippen molar-refractivity contribution in [2.45, 2.75) is 6.42 Å². The molecule has 18 heavy (non-hydrogen) atoms. The second-order valence-corrected chi connectivity index (χ2v) is 4.06. The van der Waals surface area contributed by atoms with Gasteiger partial charge in [0.1, 0.15) is 0 Å². The average molecular weight is 248 g/mol. The zero-order valence-electron chi connectivity index (χ0n) is 10.7. The van der Waals surface area contributed by atoms with Gasteiger partial charge in [0.2, 0.25) is 0 Å². The zero-order valence-corrected chi connectivity index (χ0v) is 10.7. The molecular weight excluding hydrogens is 228 g/mol. The smallest absolute Gasteiger partial charge is 0.328 e. The van der Waals surface area contributed by atoms with Crippen LogP contribution in [-0.2, 0) is 4.79 Å². The summed E-state index contributed by atoms with van der Waals surface area (Å²) < 4.78 is 0. The molecule has 0 spiro atoms. The van der Waals surface area contributed by atoms with E-state index in [1.54, 1.807) is 6.08 Å². The molecule has 0 saturated carbocycles. The van der Waals surface area contributed by atoms with Crippen molar-refractivity contribution < 1.29 is 9.90 Å². The zero-order chi connectivity index (χ0) is 13.2. The first kappa shape index (κ1) is 14.3. The standard InChI is InChI=1S/C14H20N2O2/c1-16(13-7-3-2-4-8-13)12-6-11-15-10-5-9-14(17)18/h2-5,7-9,15H,6,10-12H2,1H3,(H,17,18)/b9-5+. The van der Waals surface area contributed by atoms with E-state index >= 15 is 0 Å². The molecule has 0 aliphatic carbocycles. The lowest BCUT2D eigenvalue weighted by Crippen LogP contribution is -2.23. The van der Waals surface area contributed by atoms with Crippen molar-refractivity contribution in [3.8, 4) is 0 Å². The highest BCUT2D eigenvalue weighted by Gasteiger charge is 1.98. The third-order valence-electron chi connectivity index (χ3n) is 2.57. The van der Waals surface area contributed by atoms with Gasteiger partial charge in [0.25, 0.3) is 0 Å². The molecule has 1 aromatic carbocycles. The van der Waals surface area contributed by atoms with Crippen LogP contribution in [0.1, 0.15) is 6.42 Å². The van der Waals surface area contributed by atoms with Crippen molar-refractivity contribution in [2.75, 3.05) is 31.6 Å². The Labute approximate surface area is 108 Å². The molecule has 2 N–H and O–H groups in total. The van der Waals surface area contributed by atoms with E-state index in [1.165, 1.54) is 5.69 Å². The van der Waals surface area contributed by atoms with Crippen molar-refractivity contribution in [1.82, 2.24) is 5.32 Å². The maximum Gasteiger partial charge on any atom is 0.328 e. The van der Waals surface area contributed by atoms with E-state index in [9.17, 15) is 4.79 Å². The van der Waals surface area contributed by atoms with Crippen LogP contribution in [0.25, 0.3) is 0 Å². The number of rotatable bonds is 8. The lowest BCUT2D eigenvalue weighted by Gasteiger charge is -2.19. The number of carboxylic acid groups (broad SMARTS) is 1. The van der Waals surface area contributed by atoms with Gasteiger partial charge in [0.05, 0.1) is 0 Å². The van der Waals surface area contributed by atoms with E-state index < -0.39 is 5.97 Å². The van der Waals surface area contributed by atoms with E-state index in [1.807, 2.05) is 18.2 Å². The molecule has 0 radical (unpaired) electrons. The fraction of sp³-hybridized carbons (Fsp3) is 0.357. The molecule has 0 aliphatic rings. The minimum atomic E-state index is -0.902. The summed E-state index contributed by atoms with van der Waals surface area (Å²) in [5, 5.41) is 11.6.